The number of Topliss-reactive ketones (excluding diaryl/α,β-unsaturated/α-hetero) is 2. The fourth-order valence-electron chi connectivity index (χ4n) is 1.14. The van der Waals surface area contributed by atoms with Crippen molar-refractivity contribution in [2.75, 3.05) is 13.2 Å². The molecule has 1 aliphatic rings. The summed E-state index contributed by atoms with van der Waals surface area (Å²) >= 11 is 0. The molecule has 0 radical (unpaired) electrons. The molecular formula is C9H12O4. The van der Waals surface area contributed by atoms with Gasteiger partial charge in [0.2, 0.25) is 23.1 Å². The second-order valence-corrected chi connectivity index (χ2v) is 2.55. The highest BCUT2D eigenvalue weighted by Crippen LogP contribution is 2.21. The van der Waals surface area contributed by atoms with E-state index >= 15 is 0 Å². The van der Waals surface area contributed by atoms with Crippen LogP contribution in [0.25, 0.3) is 0 Å². The third-order valence-electron chi connectivity index (χ3n) is 1.61. The standard InChI is InChI=1S/C9H12O4/c1-3-12-8-6(10)5-7(11)9(8)13-4-2/h3-5H2,1-2H3. The van der Waals surface area contributed by atoms with Crippen LogP contribution in [0.3, 0.4) is 0 Å². The van der Waals surface area contributed by atoms with E-state index in [1.54, 1.807) is 13.8 Å². The van der Waals surface area contributed by atoms with Crippen LogP contribution in [0.1, 0.15) is 20.3 Å². The molecule has 0 heterocycles. The summed E-state index contributed by atoms with van der Waals surface area (Å²) in [7, 11) is 0. The maximum Gasteiger partial charge on any atom is 0.209 e. The van der Waals surface area contributed by atoms with Crippen LogP contribution in [0, 0.1) is 0 Å². The summed E-state index contributed by atoms with van der Waals surface area (Å²) in [6.07, 6.45) is -0.120. The molecule has 4 nitrogen and oxygen atoms in total. The van der Waals surface area contributed by atoms with E-state index in [0.717, 1.165) is 0 Å². The maximum absolute atomic E-state index is 11.2. The summed E-state index contributed by atoms with van der Waals surface area (Å²) in [4.78, 5) is 22.4. The number of hydrogen-bond acceptors (Lipinski definition) is 4. The highest BCUT2D eigenvalue weighted by molar-refractivity contribution is 6.20. The summed E-state index contributed by atoms with van der Waals surface area (Å²) in [5.41, 5.74) is 0. The van der Waals surface area contributed by atoms with Gasteiger partial charge in [-0.2, -0.15) is 0 Å². The van der Waals surface area contributed by atoms with Gasteiger partial charge in [0.15, 0.2) is 0 Å². The van der Waals surface area contributed by atoms with E-state index in [1.165, 1.54) is 0 Å². The molecule has 0 amide bonds. The maximum atomic E-state index is 11.2. The van der Waals surface area contributed by atoms with Gasteiger partial charge in [-0.15, -0.1) is 0 Å². The number of carbonyl (C=O) groups is 2. The molecule has 0 spiro atoms. The third kappa shape index (κ3) is 1.88. The zero-order chi connectivity index (χ0) is 9.84. The number of ether oxygens (including phenoxy) is 2. The Morgan fingerprint density at radius 2 is 1.38 bits per heavy atom. The predicted molar refractivity (Wildman–Crippen MR) is 44.9 cm³/mol. The second-order valence-electron chi connectivity index (χ2n) is 2.55. The molecule has 0 aromatic heterocycles. The van der Waals surface area contributed by atoms with E-state index in [0.29, 0.717) is 13.2 Å². The van der Waals surface area contributed by atoms with Crippen molar-refractivity contribution in [3.8, 4) is 0 Å². The van der Waals surface area contributed by atoms with Gasteiger partial charge in [-0.05, 0) is 13.8 Å². The summed E-state index contributed by atoms with van der Waals surface area (Å²) in [6, 6.07) is 0. The lowest BCUT2D eigenvalue weighted by molar-refractivity contribution is -0.123. The minimum Gasteiger partial charge on any atom is -0.487 e. The monoisotopic (exact) mass is 184 g/mol. The van der Waals surface area contributed by atoms with Crippen LogP contribution in [0.15, 0.2) is 11.5 Å². The van der Waals surface area contributed by atoms with E-state index in [-0.39, 0.29) is 29.5 Å². The van der Waals surface area contributed by atoms with Crippen LogP contribution >= 0.6 is 0 Å². The number of hydrogen-bond donors (Lipinski definition) is 0. The van der Waals surface area contributed by atoms with E-state index < -0.39 is 0 Å². The van der Waals surface area contributed by atoms with Crippen LogP contribution < -0.4 is 0 Å². The Bertz CT molecular complexity index is 239. The lowest BCUT2D eigenvalue weighted by Gasteiger charge is -2.05. The normalized spacial score (nSPS) is 16.8. The van der Waals surface area contributed by atoms with Crippen LogP contribution in [0.2, 0.25) is 0 Å². The minimum absolute atomic E-state index is 0.0920. The summed E-state index contributed by atoms with van der Waals surface area (Å²) in [5.74, 6) is -0.380. The number of carbonyl (C=O) groups excluding carboxylic acids is 2. The molecule has 0 aromatic carbocycles. The summed E-state index contributed by atoms with van der Waals surface area (Å²) in [5, 5.41) is 0. The average Bonchev–Trinajstić information content (AvgIpc) is 2.33. The van der Waals surface area contributed by atoms with Crippen molar-refractivity contribution in [3.05, 3.63) is 11.5 Å². The molecule has 13 heavy (non-hydrogen) atoms. The third-order valence-corrected chi connectivity index (χ3v) is 1.61. The van der Waals surface area contributed by atoms with Crippen LogP contribution in [0.4, 0.5) is 0 Å². The topological polar surface area (TPSA) is 52.6 Å². The molecule has 0 aliphatic heterocycles. The summed E-state index contributed by atoms with van der Waals surface area (Å²) < 4.78 is 10.1. The molecule has 0 bridgehead atoms. The van der Waals surface area contributed by atoms with Crippen molar-refractivity contribution in [1.82, 2.24) is 0 Å². The van der Waals surface area contributed by atoms with Gasteiger partial charge in [-0.25, -0.2) is 0 Å². The molecule has 4 heteroatoms. The van der Waals surface area contributed by atoms with Gasteiger partial charge in [0.25, 0.3) is 0 Å². The van der Waals surface area contributed by atoms with Crippen LogP contribution in [0.5, 0.6) is 0 Å². The first-order valence-electron chi connectivity index (χ1n) is 4.27. The highest BCUT2D eigenvalue weighted by atomic mass is 16.5. The first-order valence-corrected chi connectivity index (χ1v) is 4.27. The Morgan fingerprint density at radius 1 is 1.00 bits per heavy atom. The molecule has 0 saturated carbocycles. The minimum atomic E-state index is -0.282. The fourth-order valence-corrected chi connectivity index (χ4v) is 1.14. The lowest BCUT2D eigenvalue weighted by atomic mass is 10.3. The lowest BCUT2D eigenvalue weighted by Crippen LogP contribution is -2.03. The smallest absolute Gasteiger partial charge is 0.209 e. The van der Waals surface area contributed by atoms with Gasteiger partial charge in [0, 0.05) is 0 Å². The molecule has 0 saturated heterocycles. The van der Waals surface area contributed by atoms with Crippen molar-refractivity contribution < 1.29 is 19.1 Å². The van der Waals surface area contributed by atoms with E-state index in [1.807, 2.05) is 0 Å². The molecule has 1 rings (SSSR count). The van der Waals surface area contributed by atoms with Gasteiger partial charge in [-0.1, -0.05) is 0 Å². The second kappa shape index (κ2) is 4.07. The Balaban J connectivity index is 2.88. The number of ketones is 2. The molecular weight excluding hydrogens is 172 g/mol. The Kier molecular flexibility index (Phi) is 3.06. The van der Waals surface area contributed by atoms with Crippen LogP contribution in [-0.4, -0.2) is 24.8 Å². The van der Waals surface area contributed by atoms with Crippen molar-refractivity contribution in [1.29, 1.82) is 0 Å². The average molecular weight is 184 g/mol. The molecule has 72 valence electrons. The Morgan fingerprint density at radius 3 is 1.69 bits per heavy atom. The number of allylic oxidation sites excluding steroid dienone is 2. The van der Waals surface area contributed by atoms with E-state index in [2.05, 4.69) is 0 Å². The van der Waals surface area contributed by atoms with Crippen molar-refractivity contribution in [2.24, 2.45) is 0 Å². The van der Waals surface area contributed by atoms with E-state index in [4.69, 9.17) is 9.47 Å². The van der Waals surface area contributed by atoms with Crippen molar-refractivity contribution in [3.63, 3.8) is 0 Å². The molecule has 0 N–H and O–H groups in total. The molecule has 0 unspecified atom stereocenters. The summed E-state index contributed by atoms with van der Waals surface area (Å²) in [6.45, 7) is 4.25. The Hall–Kier alpha value is -1.32. The molecule has 0 fully saturated rings. The quantitative estimate of drug-likeness (QED) is 0.607. The van der Waals surface area contributed by atoms with Gasteiger partial charge < -0.3 is 9.47 Å². The van der Waals surface area contributed by atoms with Gasteiger partial charge in [0.1, 0.15) is 0 Å². The van der Waals surface area contributed by atoms with Gasteiger partial charge >= 0.3 is 0 Å². The SMILES string of the molecule is CCOC1=C(OCC)C(=O)CC1=O. The molecule has 0 aromatic rings. The van der Waals surface area contributed by atoms with Crippen molar-refractivity contribution in [2.45, 2.75) is 20.3 Å². The zero-order valence-corrected chi connectivity index (χ0v) is 7.75. The van der Waals surface area contributed by atoms with E-state index in [9.17, 15) is 9.59 Å². The Labute approximate surface area is 76.5 Å². The predicted octanol–water partition coefficient (Wildman–Crippen LogP) is 0.813. The molecule has 1 aliphatic carbocycles. The first-order chi connectivity index (χ1) is 6.20. The number of rotatable bonds is 4. The first kappa shape index (κ1) is 9.77. The van der Waals surface area contributed by atoms with Crippen molar-refractivity contribution >= 4 is 11.6 Å². The van der Waals surface area contributed by atoms with Crippen LogP contribution in [-0.2, 0) is 19.1 Å². The van der Waals surface area contributed by atoms with Gasteiger partial charge in [0.05, 0.1) is 19.6 Å². The largest absolute Gasteiger partial charge is 0.487 e. The molecule has 0 atom stereocenters. The fraction of sp³-hybridized carbons (Fsp3) is 0.556. The zero-order valence-electron chi connectivity index (χ0n) is 7.75. The van der Waals surface area contributed by atoms with Gasteiger partial charge in [-0.3, -0.25) is 9.59 Å². The highest BCUT2D eigenvalue weighted by Gasteiger charge is 2.33.